The first-order valence-corrected chi connectivity index (χ1v) is 9.07. The van der Waals surface area contributed by atoms with Gasteiger partial charge in [0.2, 0.25) is 0 Å². The molecule has 1 saturated heterocycles. The molecule has 18 heavy (non-hydrogen) atoms. The topological polar surface area (TPSA) is 63.4 Å². The van der Waals surface area contributed by atoms with Gasteiger partial charge in [-0.1, -0.05) is 19.3 Å². The van der Waals surface area contributed by atoms with Crippen molar-refractivity contribution in [1.82, 2.24) is 4.90 Å². The molecular formula is C13H26N2O2S. The van der Waals surface area contributed by atoms with Crippen LogP contribution in [-0.4, -0.2) is 50.5 Å². The molecule has 0 aromatic rings. The molecule has 4 nitrogen and oxygen atoms in total. The van der Waals surface area contributed by atoms with E-state index in [-0.39, 0.29) is 0 Å². The quantitative estimate of drug-likeness (QED) is 0.764. The third kappa shape index (κ3) is 4.21. The third-order valence-corrected chi connectivity index (χ3v) is 6.07. The summed E-state index contributed by atoms with van der Waals surface area (Å²) < 4.78 is 23.2. The summed E-state index contributed by atoms with van der Waals surface area (Å²) >= 11 is 0. The van der Waals surface area contributed by atoms with E-state index in [0.717, 1.165) is 25.9 Å². The Morgan fingerprint density at radius 1 is 1.00 bits per heavy atom. The van der Waals surface area contributed by atoms with Gasteiger partial charge in [-0.2, -0.15) is 0 Å². The van der Waals surface area contributed by atoms with Gasteiger partial charge in [0.05, 0.1) is 11.5 Å². The van der Waals surface area contributed by atoms with Crippen LogP contribution in [0.1, 0.15) is 38.5 Å². The lowest BCUT2D eigenvalue weighted by Crippen LogP contribution is -2.40. The fourth-order valence-electron chi connectivity index (χ4n) is 3.14. The number of rotatable bonds is 2. The van der Waals surface area contributed by atoms with E-state index in [4.69, 9.17) is 5.73 Å². The van der Waals surface area contributed by atoms with Crippen molar-refractivity contribution in [2.24, 2.45) is 11.7 Å². The van der Waals surface area contributed by atoms with Crippen molar-refractivity contribution in [2.75, 3.05) is 31.1 Å². The number of sulfone groups is 1. The van der Waals surface area contributed by atoms with E-state index in [9.17, 15) is 8.42 Å². The van der Waals surface area contributed by atoms with Gasteiger partial charge in [-0.05, 0) is 31.7 Å². The van der Waals surface area contributed by atoms with Gasteiger partial charge >= 0.3 is 0 Å². The van der Waals surface area contributed by atoms with Crippen LogP contribution in [0.3, 0.4) is 0 Å². The monoisotopic (exact) mass is 274 g/mol. The Labute approximate surface area is 111 Å². The summed E-state index contributed by atoms with van der Waals surface area (Å²) in [7, 11) is -2.79. The third-order valence-electron chi connectivity index (χ3n) is 4.36. The van der Waals surface area contributed by atoms with Crippen molar-refractivity contribution in [2.45, 2.75) is 44.6 Å². The average Bonchev–Trinajstić information content (AvgIpc) is 2.60. The highest BCUT2D eigenvalue weighted by Crippen LogP contribution is 2.23. The zero-order valence-corrected chi connectivity index (χ0v) is 12.0. The van der Waals surface area contributed by atoms with Crippen molar-refractivity contribution in [3.63, 3.8) is 0 Å². The van der Waals surface area contributed by atoms with Gasteiger partial charge in [0.1, 0.15) is 0 Å². The maximum absolute atomic E-state index is 11.6. The molecule has 1 saturated carbocycles. The summed E-state index contributed by atoms with van der Waals surface area (Å²) in [6, 6.07) is 0.312. The molecule has 2 rings (SSSR count). The molecule has 2 unspecified atom stereocenters. The first-order chi connectivity index (χ1) is 8.57. The minimum Gasteiger partial charge on any atom is -0.327 e. The Balaban J connectivity index is 1.88. The van der Waals surface area contributed by atoms with Crippen LogP contribution in [-0.2, 0) is 9.84 Å². The number of nitrogens with two attached hydrogens (primary N) is 1. The first kappa shape index (κ1) is 14.3. The molecule has 0 amide bonds. The highest BCUT2D eigenvalue weighted by Gasteiger charge is 2.25. The summed E-state index contributed by atoms with van der Waals surface area (Å²) in [5, 5.41) is 0. The Morgan fingerprint density at radius 2 is 1.78 bits per heavy atom. The maximum Gasteiger partial charge on any atom is 0.151 e. The largest absolute Gasteiger partial charge is 0.327 e. The molecule has 0 radical (unpaired) electrons. The highest BCUT2D eigenvalue weighted by atomic mass is 32.2. The van der Waals surface area contributed by atoms with E-state index < -0.39 is 9.84 Å². The second-order valence-electron chi connectivity index (χ2n) is 5.87. The SMILES string of the molecule is NC1CCCCCC1CN1CCCS(=O)(=O)CC1. The molecule has 0 spiro atoms. The Kier molecular flexibility index (Phi) is 5.04. The van der Waals surface area contributed by atoms with Crippen LogP contribution in [0.5, 0.6) is 0 Å². The predicted molar refractivity (Wildman–Crippen MR) is 74.3 cm³/mol. The van der Waals surface area contributed by atoms with Crippen LogP contribution in [0, 0.1) is 5.92 Å². The molecule has 2 atom stereocenters. The van der Waals surface area contributed by atoms with E-state index in [1.165, 1.54) is 25.7 Å². The fraction of sp³-hybridized carbons (Fsp3) is 1.00. The van der Waals surface area contributed by atoms with Crippen molar-refractivity contribution < 1.29 is 8.42 Å². The Morgan fingerprint density at radius 3 is 2.61 bits per heavy atom. The lowest BCUT2D eigenvalue weighted by Gasteiger charge is -2.28. The van der Waals surface area contributed by atoms with E-state index >= 15 is 0 Å². The molecule has 106 valence electrons. The lowest BCUT2D eigenvalue weighted by atomic mass is 9.95. The second kappa shape index (κ2) is 6.35. The van der Waals surface area contributed by atoms with Gasteiger partial charge in [-0.3, -0.25) is 0 Å². The molecule has 1 heterocycles. The molecule has 5 heteroatoms. The molecule has 0 aromatic heterocycles. The van der Waals surface area contributed by atoms with Gasteiger partial charge in [0.25, 0.3) is 0 Å². The van der Waals surface area contributed by atoms with Crippen LogP contribution >= 0.6 is 0 Å². The van der Waals surface area contributed by atoms with E-state index in [1.54, 1.807) is 0 Å². The Hall–Kier alpha value is -0.130. The summed E-state index contributed by atoms with van der Waals surface area (Å²) in [5.41, 5.74) is 6.24. The van der Waals surface area contributed by atoms with Crippen molar-refractivity contribution >= 4 is 9.84 Å². The van der Waals surface area contributed by atoms with Crippen LogP contribution in [0.2, 0.25) is 0 Å². The van der Waals surface area contributed by atoms with Crippen molar-refractivity contribution in [3.05, 3.63) is 0 Å². The molecule has 2 fully saturated rings. The molecule has 2 aliphatic rings. The summed E-state index contributed by atoms with van der Waals surface area (Å²) in [5.74, 6) is 1.25. The summed E-state index contributed by atoms with van der Waals surface area (Å²) in [6.45, 7) is 2.62. The molecule has 1 aliphatic heterocycles. The Bertz CT molecular complexity index is 356. The van der Waals surface area contributed by atoms with E-state index in [0.29, 0.717) is 30.0 Å². The number of hydrogen-bond acceptors (Lipinski definition) is 4. The van der Waals surface area contributed by atoms with Gasteiger partial charge in [0.15, 0.2) is 9.84 Å². The average molecular weight is 274 g/mol. The highest BCUT2D eigenvalue weighted by molar-refractivity contribution is 7.91. The maximum atomic E-state index is 11.6. The molecule has 1 aliphatic carbocycles. The first-order valence-electron chi connectivity index (χ1n) is 7.25. The minimum atomic E-state index is -2.79. The predicted octanol–water partition coefficient (Wildman–Crippen LogP) is 1.01. The molecule has 2 N–H and O–H groups in total. The number of hydrogen-bond donors (Lipinski definition) is 1. The van der Waals surface area contributed by atoms with E-state index in [2.05, 4.69) is 4.90 Å². The molecule has 0 bridgehead atoms. The van der Waals surface area contributed by atoms with E-state index in [1.807, 2.05) is 0 Å². The van der Waals surface area contributed by atoms with Crippen molar-refractivity contribution in [3.8, 4) is 0 Å². The molecule has 0 aromatic carbocycles. The van der Waals surface area contributed by atoms with Gasteiger partial charge in [-0.15, -0.1) is 0 Å². The smallest absolute Gasteiger partial charge is 0.151 e. The second-order valence-corrected chi connectivity index (χ2v) is 8.17. The zero-order valence-electron chi connectivity index (χ0n) is 11.2. The van der Waals surface area contributed by atoms with Gasteiger partial charge < -0.3 is 10.6 Å². The minimum absolute atomic E-state index is 0.312. The van der Waals surface area contributed by atoms with Crippen LogP contribution in [0.15, 0.2) is 0 Å². The number of nitrogens with zero attached hydrogens (tertiary/aromatic N) is 1. The van der Waals surface area contributed by atoms with Crippen LogP contribution in [0.25, 0.3) is 0 Å². The van der Waals surface area contributed by atoms with Gasteiger partial charge in [-0.25, -0.2) is 8.42 Å². The summed E-state index contributed by atoms with van der Waals surface area (Å²) in [6.07, 6.45) is 6.97. The van der Waals surface area contributed by atoms with Crippen LogP contribution < -0.4 is 5.73 Å². The fourth-order valence-corrected chi connectivity index (χ4v) is 4.45. The standard InChI is InChI=1S/C13H26N2O2S/c14-13-6-3-1-2-5-12(13)11-15-7-4-9-18(16,17)10-8-15/h12-13H,1-11,14H2. The lowest BCUT2D eigenvalue weighted by molar-refractivity contribution is 0.219. The van der Waals surface area contributed by atoms with Crippen LogP contribution in [0.4, 0.5) is 0 Å². The van der Waals surface area contributed by atoms with Crippen molar-refractivity contribution in [1.29, 1.82) is 0 Å². The molecular weight excluding hydrogens is 248 g/mol. The summed E-state index contributed by atoms with van der Waals surface area (Å²) in [4.78, 5) is 2.32. The normalized spacial score (nSPS) is 34.7. The zero-order chi connectivity index (χ0) is 13.0. The van der Waals surface area contributed by atoms with Gasteiger partial charge in [0, 0.05) is 19.1 Å².